The number of esters is 1. The second-order valence-corrected chi connectivity index (χ2v) is 5.55. The van der Waals surface area contributed by atoms with Crippen LogP contribution in [0.2, 0.25) is 0 Å². The molecule has 0 aliphatic carbocycles. The van der Waals surface area contributed by atoms with E-state index in [9.17, 15) is 22.4 Å². The van der Waals surface area contributed by atoms with Crippen LogP contribution in [0.4, 0.5) is 4.39 Å². The molecule has 0 saturated heterocycles. The summed E-state index contributed by atoms with van der Waals surface area (Å²) >= 11 is 0. The maximum absolute atomic E-state index is 13.4. The van der Waals surface area contributed by atoms with Gasteiger partial charge in [0.05, 0.1) is 7.11 Å². The summed E-state index contributed by atoms with van der Waals surface area (Å²) in [6, 6.07) is 0.474. The van der Waals surface area contributed by atoms with Gasteiger partial charge in [0.15, 0.2) is 5.82 Å². The molecular weight excluding hydrogens is 307 g/mol. The normalized spacial score (nSPS) is 12.7. The van der Waals surface area contributed by atoms with E-state index < -0.39 is 38.8 Å². The van der Waals surface area contributed by atoms with Gasteiger partial charge in [0.2, 0.25) is 5.03 Å². The molecule has 2 N–H and O–H groups in total. The van der Waals surface area contributed by atoms with Crippen molar-refractivity contribution in [3.63, 3.8) is 0 Å². The first-order valence-corrected chi connectivity index (χ1v) is 7.18. The van der Waals surface area contributed by atoms with Crippen LogP contribution in [-0.2, 0) is 24.3 Å². The number of methoxy groups -OCH3 is 1. The van der Waals surface area contributed by atoms with Crippen LogP contribution >= 0.6 is 0 Å². The Bertz CT molecular complexity index is 633. The molecule has 1 rings (SSSR count). The van der Waals surface area contributed by atoms with Crippen molar-refractivity contribution in [3.05, 3.63) is 24.1 Å². The highest BCUT2D eigenvalue weighted by molar-refractivity contribution is 7.89. The fourth-order valence-corrected chi connectivity index (χ4v) is 2.64. The lowest BCUT2D eigenvalue weighted by atomic mass is 10.2. The molecule has 0 aliphatic rings. The molecule has 8 nitrogen and oxygen atoms in total. The van der Waals surface area contributed by atoms with E-state index in [1.807, 2.05) is 0 Å². The van der Waals surface area contributed by atoms with Crippen molar-refractivity contribution in [3.8, 4) is 0 Å². The molecule has 1 aromatic heterocycles. The third kappa shape index (κ3) is 4.76. The van der Waals surface area contributed by atoms with Crippen LogP contribution in [0.25, 0.3) is 0 Å². The average molecular weight is 320 g/mol. The van der Waals surface area contributed by atoms with Gasteiger partial charge in [-0.1, -0.05) is 0 Å². The molecule has 1 aromatic rings. The van der Waals surface area contributed by atoms with Gasteiger partial charge < -0.3 is 9.84 Å². The summed E-state index contributed by atoms with van der Waals surface area (Å²) in [4.78, 5) is 25.3. The third-order valence-corrected chi connectivity index (χ3v) is 3.84. The molecule has 0 fully saturated rings. The number of nitrogens with one attached hydrogen (secondary N) is 1. The molecule has 0 amide bonds. The number of carboxylic acids is 1. The number of rotatable bonds is 7. The smallest absolute Gasteiger partial charge is 0.321 e. The molecule has 0 aliphatic heterocycles. The highest BCUT2D eigenvalue weighted by Gasteiger charge is 2.28. The van der Waals surface area contributed by atoms with Crippen molar-refractivity contribution in [2.45, 2.75) is 23.9 Å². The summed E-state index contributed by atoms with van der Waals surface area (Å²) in [5.74, 6) is -3.30. The fraction of sp³-hybridized carbons (Fsp3) is 0.364. The number of halogens is 1. The van der Waals surface area contributed by atoms with Gasteiger partial charge in [-0.3, -0.25) is 9.59 Å². The van der Waals surface area contributed by atoms with E-state index in [0.717, 1.165) is 19.4 Å². The van der Waals surface area contributed by atoms with E-state index in [2.05, 4.69) is 9.72 Å². The number of aliphatic carboxylic acids is 1. The number of aromatic nitrogens is 1. The van der Waals surface area contributed by atoms with Crippen molar-refractivity contribution in [1.82, 2.24) is 9.71 Å². The minimum atomic E-state index is -4.46. The number of carbonyl (C=O) groups is 2. The van der Waals surface area contributed by atoms with E-state index in [1.54, 1.807) is 4.72 Å². The molecular formula is C11H13FN2O6S. The predicted octanol–water partition coefficient (Wildman–Crippen LogP) is -0.0946. The number of nitrogens with zero attached hydrogens (tertiary/aromatic N) is 1. The third-order valence-electron chi connectivity index (χ3n) is 2.44. The largest absolute Gasteiger partial charge is 0.480 e. The Morgan fingerprint density at radius 2 is 2.19 bits per heavy atom. The molecule has 21 heavy (non-hydrogen) atoms. The van der Waals surface area contributed by atoms with E-state index in [0.29, 0.717) is 0 Å². The maximum atomic E-state index is 13.4. The summed E-state index contributed by atoms with van der Waals surface area (Å²) in [5, 5.41) is 8.04. The average Bonchev–Trinajstić information content (AvgIpc) is 2.42. The first-order valence-electron chi connectivity index (χ1n) is 5.70. The molecule has 1 atom stereocenters. The van der Waals surface area contributed by atoms with Crippen LogP contribution in [-0.4, -0.2) is 43.6 Å². The molecule has 0 saturated carbocycles. The fourth-order valence-electron chi connectivity index (χ4n) is 1.41. The lowest BCUT2D eigenvalue weighted by Crippen LogP contribution is -2.41. The Morgan fingerprint density at radius 1 is 1.52 bits per heavy atom. The van der Waals surface area contributed by atoms with Crippen LogP contribution in [0.5, 0.6) is 0 Å². The molecule has 0 spiro atoms. The Kier molecular flexibility index (Phi) is 5.73. The maximum Gasteiger partial charge on any atom is 0.321 e. The molecule has 0 unspecified atom stereocenters. The van der Waals surface area contributed by atoms with Gasteiger partial charge in [0, 0.05) is 12.6 Å². The zero-order valence-electron chi connectivity index (χ0n) is 10.9. The minimum Gasteiger partial charge on any atom is -0.480 e. The molecule has 0 radical (unpaired) electrons. The van der Waals surface area contributed by atoms with Crippen molar-refractivity contribution < 1.29 is 32.2 Å². The Morgan fingerprint density at radius 3 is 2.71 bits per heavy atom. The second kappa shape index (κ2) is 7.09. The quantitative estimate of drug-likeness (QED) is 0.673. The summed E-state index contributed by atoms with van der Waals surface area (Å²) in [6.45, 7) is 0. The van der Waals surface area contributed by atoms with Gasteiger partial charge in [0.1, 0.15) is 6.04 Å². The number of pyridine rings is 1. The van der Waals surface area contributed by atoms with Crippen LogP contribution in [0.1, 0.15) is 12.8 Å². The van der Waals surface area contributed by atoms with Gasteiger partial charge in [0.25, 0.3) is 10.0 Å². The van der Waals surface area contributed by atoms with Gasteiger partial charge >= 0.3 is 11.9 Å². The number of sulfonamides is 1. The van der Waals surface area contributed by atoms with Gasteiger partial charge in [-0.05, 0) is 18.6 Å². The first-order chi connectivity index (χ1) is 9.77. The number of carboxylic acid groups (broad SMARTS) is 1. The summed E-state index contributed by atoms with van der Waals surface area (Å²) in [7, 11) is -3.34. The predicted molar refractivity (Wildman–Crippen MR) is 67.2 cm³/mol. The minimum absolute atomic E-state index is 0.305. The summed E-state index contributed by atoms with van der Waals surface area (Å²) < 4.78 is 43.3. The highest BCUT2D eigenvalue weighted by Crippen LogP contribution is 2.12. The molecule has 0 bridgehead atoms. The van der Waals surface area contributed by atoms with E-state index in [1.165, 1.54) is 6.07 Å². The van der Waals surface area contributed by atoms with Crippen molar-refractivity contribution in [1.29, 1.82) is 0 Å². The lowest BCUT2D eigenvalue weighted by molar-refractivity contribution is -0.142. The summed E-state index contributed by atoms with van der Waals surface area (Å²) in [6.07, 6.45) is 0.415. The van der Waals surface area contributed by atoms with Crippen LogP contribution in [0, 0.1) is 5.82 Å². The number of ether oxygens (including phenoxy) is 1. The lowest BCUT2D eigenvalue weighted by Gasteiger charge is -2.14. The zero-order chi connectivity index (χ0) is 16.0. The van der Waals surface area contributed by atoms with Crippen LogP contribution < -0.4 is 4.72 Å². The zero-order valence-corrected chi connectivity index (χ0v) is 11.8. The number of hydrogen-bond acceptors (Lipinski definition) is 6. The Hall–Kier alpha value is -2.07. The number of hydrogen-bond donors (Lipinski definition) is 2. The molecule has 10 heteroatoms. The standard InChI is InChI=1S/C11H13FN2O6S/c1-20-9(15)5-4-8(11(16)17)14-21(18,19)10-7(12)3-2-6-13-10/h2-3,6,8,14H,4-5H2,1H3,(H,16,17)/t8-/m1/s1. The van der Waals surface area contributed by atoms with E-state index in [4.69, 9.17) is 5.11 Å². The van der Waals surface area contributed by atoms with Crippen LogP contribution in [0.3, 0.4) is 0 Å². The Labute approximate surface area is 120 Å². The monoisotopic (exact) mass is 320 g/mol. The second-order valence-electron chi connectivity index (χ2n) is 3.92. The SMILES string of the molecule is COC(=O)CC[C@@H](NS(=O)(=O)c1ncccc1F)C(=O)O. The van der Waals surface area contributed by atoms with Crippen molar-refractivity contribution >= 4 is 22.0 Å². The van der Waals surface area contributed by atoms with E-state index >= 15 is 0 Å². The Balaban J connectivity index is 2.90. The molecule has 0 aromatic carbocycles. The van der Waals surface area contributed by atoms with Crippen molar-refractivity contribution in [2.75, 3.05) is 7.11 Å². The van der Waals surface area contributed by atoms with E-state index in [-0.39, 0.29) is 12.8 Å². The topological polar surface area (TPSA) is 123 Å². The first kappa shape index (κ1) is 17.0. The number of carbonyl (C=O) groups excluding carboxylic acids is 1. The van der Waals surface area contributed by atoms with Crippen molar-refractivity contribution in [2.24, 2.45) is 0 Å². The van der Waals surface area contributed by atoms with Gasteiger partial charge in [-0.2, -0.15) is 4.72 Å². The van der Waals surface area contributed by atoms with Gasteiger partial charge in [-0.15, -0.1) is 0 Å². The van der Waals surface area contributed by atoms with Crippen LogP contribution in [0.15, 0.2) is 23.4 Å². The molecule has 1 heterocycles. The summed E-state index contributed by atoms with van der Waals surface area (Å²) in [5.41, 5.74) is 0. The van der Waals surface area contributed by atoms with Gasteiger partial charge in [-0.25, -0.2) is 17.8 Å². The highest BCUT2D eigenvalue weighted by atomic mass is 32.2. The molecule has 116 valence electrons.